The van der Waals surface area contributed by atoms with Gasteiger partial charge in [0, 0.05) is 12.6 Å². The molecule has 0 radical (unpaired) electrons. The van der Waals surface area contributed by atoms with E-state index < -0.39 is 18.4 Å². The molecule has 2 N–H and O–H groups in total. The monoisotopic (exact) mass is 167 g/mol. The van der Waals surface area contributed by atoms with Gasteiger partial charge in [0.2, 0.25) is 0 Å². The van der Waals surface area contributed by atoms with Gasteiger partial charge in [-0.15, -0.1) is 0 Å². The molecule has 0 aromatic heterocycles. The molecule has 0 saturated carbocycles. The van der Waals surface area contributed by atoms with E-state index in [4.69, 9.17) is 5.11 Å². The van der Waals surface area contributed by atoms with E-state index in [1.165, 1.54) is 0 Å². The number of aliphatic hydroxyl groups excluding tert-OH is 1. The maximum absolute atomic E-state index is 11.6. The van der Waals surface area contributed by atoms with Crippen LogP contribution in [0.4, 0.5) is 8.78 Å². The SMILES string of the molecule is CC(CCO)NC(=O)C(F)F. The average Bonchev–Trinajstić information content (AvgIpc) is 1.87. The highest BCUT2D eigenvalue weighted by Crippen LogP contribution is 1.94. The van der Waals surface area contributed by atoms with Gasteiger partial charge in [-0.1, -0.05) is 0 Å². The number of hydrogen-bond donors (Lipinski definition) is 2. The highest BCUT2D eigenvalue weighted by atomic mass is 19.3. The summed E-state index contributed by atoms with van der Waals surface area (Å²) in [6.45, 7) is 1.43. The first-order chi connectivity index (χ1) is 5.07. The maximum Gasteiger partial charge on any atom is 0.315 e. The van der Waals surface area contributed by atoms with Gasteiger partial charge in [-0.05, 0) is 13.3 Å². The van der Waals surface area contributed by atoms with Crippen molar-refractivity contribution in [1.82, 2.24) is 5.32 Å². The number of nitrogens with one attached hydrogen (secondary N) is 1. The molecule has 0 aliphatic heterocycles. The van der Waals surface area contributed by atoms with Crippen LogP contribution in [0.5, 0.6) is 0 Å². The number of halogens is 2. The molecule has 5 heteroatoms. The third-order valence-corrected chi connectivity index (χ3v) is 1.15. The molecule has 66 valence electrons. The van der Waals surface area contributed by atoms with Gasteiger partial charge < -0.3 is 10.4 Å². The summed E-state index contributed by atoms with van der Waals surface area (Å²) in [7, 11) is 0. The molecule has 1 atom stereocenters. The minimum Gasteiger partial charge on any atom is -0.396 e. The second kappa shape index (κ2) is 5.01. The average molecular weight is 167 g/mol. The first-order valence-corrected chi connectivity index (χ1v) is 3.27. The largest absolute Gasteiger partial charge is 0.396 e. The van der Waals surface area contributed by atoms with Crippen molar-refractivity contribution in [3.8, 4) is 0 Å². The predicted octanol–water partition coefficient (Wildman–Crippen LogP) is 0.139. The Hall–Kier alpha value is -0.710. The van der Waals surface area contributed by atoms with E-state index in [-0.39, 0.29) is 6.61 Å². The highest BCUT2D eigenvalue weighted by molar-refractivity contribution is 5.79. The first kappa shape index (κ1) is 10.3. The standard InChI is InChI=1S/C6H11F2NO2/c1-4(2-3-10)9-6(11)5(7)8/h4-5,10H,2-3H2,1H3,(H,9,11). The Labute approximate surface area is 63.4 Å². The lowest BCUT2D eigenvalue weighted by Gasteiger charge is -2.10. The molecule has 0 aliphatic carbocycles. The van der Waals surface area contributed by atoms with Crippen LogP contribution in [0.25, 0.3) is 0 Å². The maximum atomic E-state index is 11.6. The molecule has 0 aromatic rings. The molecule has 0 fully saturated rings. The molecule has 11 heavy (non-hydrogen) atoms. The predicted molar refractivity (Wildman–Crippen MR) is 35.3 cm³/mol. The Bertz CT molecular complexity index is 130. The molecule has 0 bridgehead atoms. The topological polar surface area (TPSA) is 49.3 Å². The van der Waals surface area contributed by atoms with Crippen molar-refractivity contribution in [2.24, 2.45) is 0 Å². The summed E-state index contributed by atoms with van der Waals surface area (Å²) in [5.74, 6) is -1.29. The van der Waals surface area contributed by atoms with Gasteiger partial charge in [-0.3, -0.25) is 4.79 Å². The summed E-state index contributed by atoms with van der Waals surface area (Å²) in [5, 5.41) is 10.4. The summed E-state index contributed by atoms with van der Waals surface area (Å²) in [6.07, 6.45) is -2.69. The van der Waals surface area contributed by atoms with E-state index in [1.54, 1.807) is 6.92 Å². The number of hydrogen-bond acceptors (Lipinski definition) is 2. The lowest BCUT2D eigenvalue weighted by Crippen LogP contribution is -2.37. The molecular formula is C6H11F2NO2. The molecule has 3 nitrogen and oxygen atoms in total. The zero-order valence-electron chi connectivity index (χ0n) is 6.18. The Balaban J connectivity index is 3.57. The third-order valence-electron chi connectivity index (χ3n) is 1.15. The summed E-state index contributed by atoms with van der Waals surface area (Å²) < 4.78 is 23.1. The fourth-order valence-electron chi connectivity index (χ4n) is 0.572. The van der Waals surface area contributed by atoms with Gasteiger partial charge in [-0.2, -0.15) is 8.78 Å². The van der Waals surface area contributed by atoms with Gasteiger partial charge in [-0.25, -0.2) is 0 Å². The van der Waals surface area contributed by atoms with Crippen molar-refractivity contribution < 1.29 is 18.7 Å². The zero-order chi connectivity index (χ0) is 8.85. The van der Waals surface area contributed by atoms with Crippen LogP contribution in [-0.2, 0) is 4.79 Å². The van der Waals surface area contributed by atoms with Crippen LogP contribution < -0.4 is 5.32 Å². The lowest BCUT2D eigenvalue weighted by atomic mass is 10.2. The highest BCUT2D eigenvalue weighted by Gasteiger charge is 2.16. The van der Waals surface area contributed by atoms with Crippen molar-refractivity contribution in [3.05, 3.63) is 0 Å². The molecule has 1 amide bonds. The Kier molecular flexibility index (Phi) is 4.69. The first-order valence-electron chi connectivity index (χ1n) is 3.27. The van der Waals surface area contributed by atoms with Gasteiger partial charge in [0.1, 0.15) is 0 Å². The lowest BCUT2D eigenvalue weighted by molar-refractivity contribution is -0.132. The molecular weight excluding hydrogens is 156 g/mol. The van der Waals surface area contributed by atoms with Gasteiger partial charge in [0.05, 0.1) is 0 Å². The number of carbonyl (C=O) groups excluding carboxylic acids is 1. The molecule has 0 aromatic carbocycles. The minimum atomic E-state index is -2.98. The number of alkyl halides is 2. The fourth-order valence-corrected chi connectivity index (χ4v) is 0.572. The molecule has 0 spiro atoms. The summed E-state index contributed by atoms with van der Waals surface area (Å²) in [6, 6.07) is -0.401. The van der Waals surface area contributed by atoms with Crippen molar-refractivity contribution >= 4 is 5.91 Å². The Morgan fingerprint density at radius 2 is 2.18 bits per heavy atom. The van der Waals surface area contributed by atoms with Crippen LogP contribution in [0.15, 0.2) is 0 Å². The van der Waals surface area contributed by atoms with Crippen molar-refractivity contribution in [1.29, 1.82) is 0 Å². The van der Waals surface area contributed by atoms with E-state index in [0.29, 0.717) is 6.42 Å². The summed E-state index contributed by atoms with van der Waals surface area (Å²) >= 11 is 0. The van der Waals surface area contributed by atoms with Crippen molar-refractivity contribution in [3.63, 3.8) is 0 Å². The molecule has 0 aliphatic rings. The Morgan fingerprint density at radius 1 is 1.64 bits per heavy atom. The van der Waals surface area contributed by atoms with E-state index in [2.05, 4.69) is 0 Å². The second-order valence-corrected chi connectivity index (χ2v) is 2.22. The van der Waals surface area contributed by atoms with Gasteiger partial charge >= 0.3 is 6.43 Å². The molecule has 0 rings (SSSR count). The number of rotatable bonds is 4. The van der Waals surface area contributed by atoms with Crippen LogP contribution in [0.2, 0.25) is 0 Å². The van der Waals surface area contributed by atoms with Crippen LogP contribution in [0.3, 0.4) is 0 Å². The second-order valence-electron chi connectivity index (χ2n) is 2.22. The van der Waals surface area contributed by atoms with E-state index in [9.17, 15) is 13.6 Å². The van der Waals surface area contributed by atoms with Crippen molar-refractivity contribution in [2.75, 3.05) is 6.61 Å². The normalized spacial score (nSPS) is 13.2. The number of aliphatic hydroxyl groups is 1. The van der Waals surface area contributed by atoms with Crippen LogP contribution >= 0.6 is 0 Å². The van der Waals surface area contributed by atoms with Crippen molar-refractivity contribution in [2.45, 2.75) is 25.8 Å². The van der Waals surface area contributed by atoms with Crippen LogP contribution in [0, 0.1) is 0 Å². The van der Waals surface area contributed by atoms with E-state index in [0.717, 1.165) is 0 Å². The van der Waals surface area contributed by atoms with Gasteiger partial charge in [0.25, 0.3) is 5.91 Å². The van der Waals surface area contributed by atoms with Crippen LogP contribution in [-0.4, -0.2) is 30.1 Å². The fraction of sp³-hybridized carbons (Fsp3) is 0.833. The summed E-state index contributed by atoms with van der Waals surface area (Å²) in [4.78, 5) is 10.3. The smallest absolute Gasteiger partial charge is 0.315 e. The zero-order valence-corrected chi connectivity index (χ0v) is 6.18. The summed E-state index contributed by atoms with van der Waals surface area (Å²) in [5.41, 5.74) is 0. The third kappa shape index (κ3) is 4.66. The number of amides is 1. The van der Waals surface area contributed by atoms with Crippen LogP contribution in [0.1, 0.15) is 13.3 Å². The Morgan fingerprint density at radius 3 is 2.55 bits per heavy atom. The minimum absolute atomic E-state index is 0.120. The molecule has 1 unspecified atom stereocenters. The number of carbonyl (C=O) groups is 1. The molecule has 0 saturated heterocycles. The van der Waals surface area contributed by atoms with E-state index in [1.807, 2.05) is 5.32 Å². The molecule has 0 heterocycles. The quantitative estimate of drug-likeness (QED) is 0.625. The van der Waals surface area contributed by atoms with E-state index >= 15 is 0 Å². The van der Waals surface area contributed by atoms with Gasteiger partial charge in [0.15, 0.2) is 0 Å².